The third-order valence-corrected chi connectivity index (χ3v) is 2.42. The molecule has 0 saturated carbocycles. The molecule has 1 atom stereocenters. The van der Waals surface area contributed by atoms with Gasteiger partial charge >= 0.3 is 6.09 Å². The number of carbonyl (C=O) groups excluding carboxylic acids is 2. The van der Waals surface area contributed by atoms with Gasteiger partial charge in [-0.15, -0.1) is 6.42 Å². The van der Waals surface area contributed by atoms with Gasteiger partial charge in [0.2, 0.25) is 5.78 Å². The van der Waals surface area contributed by atoms with E-state index in [-0.39, 0.29) is 0 Å². The zero-order valence-electron chi connectivity index (χ0n) is 10.5. The van der Waals surface area contributed by atoms with Crippen molar-refractivity contribution in [3.8, 4) is 12.3 Å². The first kappa shape index (κ1) is 14.4. The third kappa shape index (κ3) is 3.19. The molecular weight excluding hydrogens is 244 g/mol. The van der Waals surface area contributed by atoms with E-state index in [1.165, 1.54) is 0 Å². The number of amides is 1. The van der Waals surface area contributed by atoms with Crippen molar-refractivity contribution in [2.24, 2.45) is 5.92 Å². The second kappa shape index (κ2) is 4.56. The van der Waals surface area contributed by atoms with Crippen LogP contribution in [-0.2, 0) is 9.53 Å². The van der Waals surface area contributed by atoms with E-state index in [2.05, 4.69) is 0 Å². The van der Waals surface area contributed by atoms with Crippen LogP contribution in [0.1, 0.15) is 20.8 Å². The number of carbonyl (C=O) groups is 2. The van der Waals surface area contributed by atoms with E-state index in [1.807, 2.05) is 0 Å². The van der Waals surface area contributed by atoms with Crippen molar-refractivity contribution < 1.29 is 23.1 Å². The van der Waals surface area contributed by atoms with Crippen molar-refractivity contribution in [1.82, 2.24) is 4.90 Å². The molecule has 6 heteroatoms. The smallest absolute Gasteiger partial charge is 0.410 e. The van der Waals surface area contributed by atoms with Gasteiger partial charge in [-0.2, -0.15) is 0 Å². The van der Waals surface area contributed by atoms with Gasteiger partial charge in [-0.1, -0.05) is 0 Å². The van der Waals surface area contributed by atoms with Gasteiger partial charge in [-0.05, 0) is 26.7 Å². The Kier molecular flexibility index (Phi) is 3.65. The third-order valence-electron chi connectivity index (χ3n) is 2.42. The van der Waals surface area contributed by atoms with E-state index in [0.717, 1.165) is 4.90 Å². The number of hydrogen-bond donors (Lipinski definition) is 0. The summed E-state index contributed by atoms with van der Waals surface area (Å²) in [5, 5.41) is 0. The standard InChI is InChI=1S/C12H15F2NO3/c1-5-9(16)8-6-15(7-12(8,13)14)10(17)18-11(2,3)4/h1,8H,6-7H2,2-4H3. The molecule has 0 aromatic heterocycles. The average Bonchev–Trinajstić information content (AvgIpc) is 2.50. The lowest BCUT2D eigenvalue weighted by molar-refractivity contribution is -0.126. The lowest BCUT2D eigenvalue weighted by atomic mass is 10.0. The molecule has 1 unspecified atom stereocenters. The van der Waals surface area contributed by atoms with Crippen LogP contribution in [0.15, 0.2) is 0 Å². The van der Waals surface area contributed by atoms with E-state index in [1.54, 1.807) is 26.7 Å². The molecule has 1 aliphatic rings. The van der Waals surface area contributed by atoms with E-state index >= 15 is 0 Å². The van der Waals surface area contributed by atoms with Gasteiger partial charge in [0.05, 0.1) is 6.54 Å². The summed E-state index contributed by atoms with van der Waals surface area (Å²) >= 11 is 0. The zero-order chi connectivity index (χ0) is 14.1. The molecule has 1 fully saturated rings. The maximum absolute atomic E-state index is 13.5. The van der Waals surface area contributed by atoms with E-state index in [9.17, 15) is 18.4 Å². The van der Waals surface area contributed by atoms with Crippen molar-refractivity contribution in [2.45, 2.75) is 32.3 Å². The lowest BCUT2D eigenvalue weighted by Gasteiger charge is -2.24. The molecule has 0 radical (unpaired) electrons. The van der Waals surface area contributed by atoms with Crippen molar-refractivity contribution in [2.75, 3.05) is 13.1 Å². The van der Waals surface area contributed by atoms with Crippen LogP contribution in [0.3, 0.4) is 0 Å². The highest BCUT2D eigenvalue weighted by molar-refractivity contribution is 5.98. The summed E-state index contributed by atoms with van der Waals surface area (Å²) in [5.74, 6) is -4.27. The second-order valence-electron chi connectivity index (χ2n) is 5.18. The number of halogens is 2. The highest BCUT2D eigenvalue weighted by atomic mass is 19.3. The molecule has 4 nitrogen and oxygen atoms in total. The summed E-state index contributed by atoms with van der Waals surface area (Å²) in [6.07, 6.45) is 3.96. The van der Waals surface area contributed by atoms with Crippen LogP contribution >= 0.6 is 0 Å². The van der Waals surface area contributed by atoms with E-state index in [0.29, 0.717) is 0 Å². The Bertz CT molecular complexity index is 407. The average molecular weight is 259 g/mol. The van der Waals surface area contributed by atoms with Crippen LogP contribution in [0, 0.1) is 18.3 Å². The molecule has 0 aliphatic carbocycles. The highest BCUT2D eigenvalue weighted by Crippen LogP contribution is 2.34. The Morgan fingerprint density at radius 3 is 2.44 bits per heavy atom. The molecule has 1 amide bonds. The Morgan fingerprint density at radius 2 is 2.00 bits per heavy atom. The first-order chi connectivity index (χ1) is 8.07. The van der Waals surface area contributed by atoms with Gasteiger partial charge in [0, 0.05) is 6.54 Å². The molecule has 0 N–H and O–H groups in total. The first-order valence-corrected chi connectivity index (χ1v) is 5.43. The molecule has 0 spiro atoms. The predicted octanol–water partition coefficient (Wildman–Crippen LogP) is 1.69. The summed E-state index contributed by atoms with van der Waals surface area (Å²) in [6.45, 7) is 3.63. The summed E-state index contributed by atoms with van der Waals surface area (Å²) < 4.78 is 32.0. The van der Waals surface area contributed by atoms with E-state index in [4.69, 9.17) is 11.2 Å². The number of ketones is 1. The highest BCUT2D eigenvalue weighted by Gasteiger charge is 2.53. The maximum Gasteiger partial charge on any atom is 0.410 e. The number of likely N-dealkylation sites (tertiary alicyclic amines) is 1. The van der Waals surface area contributed by atoms with Crippen LogP contribution in [0.5, 0.6) is 0 Å². The number of hydrogen-bond acceptors (Lipinski definition) is 3. The zero-order valence-corrected chi connectivity index (χ0v) is 10.5. The minimum atomic E-state index is -3.31. The number of Topliss-reactive ketones (excluding diaryl/α,β-unsaturated/α-hetero) is 1. The number of nitrogens with zero attached hydrogens (tertiary/aromatic N) is 1. The van der Waals surface area contributed by atoms with Crippen LogP contribution in [0.2, 0.25) is 0 Å². The number of rotatable bonds is 1. The minimum Gasteiger partial charge on any atom is -0.444 e. The SMILES string of the molecule is C#CC(=O)C1CN(C(=O)OC(C)(C)C)CC1(F)F. The van der Waals surface area contributed by atoms with E-state index < -0.39 is 42.4 Å². The monoisotopic (exact) mass is 259 g/mol. The number of alkyl halides is 2. The van der Waals surface area contributed by atoms with Crippen molar-refractivity contribution in [1.29, 1.82) is 0 Å². The summed E-state index contributed by atoms with van der Waals surface area (Å²) in [6, 6.07) is 0. The lowest BCUT2D eigenvalue weighted by Crippen LogP contribution is -2.36. The fourth-order valence-electron chi connectivity index (χ4n) is 1.62. The quantitative estimate of drug-likeness (QED) is 0.532. The summed E-state index contributed by atoms with van der Waals surface area (Å²) in [4.78, 5) is 23.6. The number of terminal acetylenes is 1. The fourth-order valence-corrected chi connectivity index (χ4v) is 1.62. The summed E-state index contributed by atoms with van der Waals surface area (Å²) in [7, 11) is 0. The maximum atomic E-state index is 13.5. The van der Waals surface area contributed by atoms with Crippen molar-refractivity contribution in [3.63, 3.8) is 0 Å². The predicted molar refractivity (Wildman–Crippen MR) is 60.1 cm³/mol. The molecular formula is C12H15F2NO3. The molecule has 1 rings (SSSR count). The largest absolute Gasteiger partial charge is 0.444 e. The fraction of sp³-hybridized carbons (Fsp3) is 0.667. The van der Waals surface area contributed by atoms with Crippen LogP contribution in [-0.4, -0.2) is 41.4 Å². The van der Waals surface area contributed by atoms with Gasteiger partial charge in [0.1, 0.15) is 11.5 Å². The van der Waals surface area contributed by atoms with Gasteiger partial charge in [-0.25, -0.2) is 13.6 Å². The number of ether oxygens (including phenoxy) is 1. The van der Waals surface area contributed by atoms with Gasteiger partial charge in [0.15, 0.2) is 0 Å². The molecule has 1 aliphatic heterocycles. The Morgan fingerprint density at radius 1 is 1.44 bits per heavy atom. The normalized spacial score (nSPS) is 22.4. The van der Waals surface area contributed by atoms with Gasteiger partial charge in [0.25, 0.3) is 5.92 Å². The molecule has 0 aromatic rings. The molecule has 1 heterocycles. The van der Waals surface area contributed by atoms with Crippen molar-refractivity contribution in [3.05, 3.63) is 0 Å². The second-order valence-corrected chi connectivity index (χ2v) is 5.18. The van der Waals surface area contributed by atoms with Gasteiger partial charge < -0.3 is 9.64 Å². The minimum absolute atomic E-state index is 0.412. The van der Waals surface area contributed by atoms with Gasteiger partial charge in [-0.3, -0.25) is 4.79 Å². The molecule has 18 heavy (non-hydrogen) atoms. The molecule has 100 valence electrons. The molecule has 0 aromatic carbocycles. The topological polar surface area (TPSA) is 46.6 Å². The Labute approximate surface area is 104 Å². The van der Waals surface area contributed by atoms with Crippen LogP contribution in [0.4, 0.5) is 13.6 Å². The first-order valence-electron chi connectivity index (χ1n) is 5.43. The van der Waals surface area contributed by atoms with Crippen LogP contribution in [0.25, 0.3) is 0 Å². The van der Waals surface area contributed by atoms with Crippen molar-refractivity contribution >= 4 is 11.9 Å². The Hall–Kier alpha value is -1.64. The van der Waals surface area contributed by atoms with Crippen LogP contribution < -0.4 is 0 Å². The molecule has 0 bridgehead atoms. The molecule has 1 saturated heterocycles. The summed E-state index contributed by atoms with van der Waals surface area (Å²) in [5.41, 5.74) is -0.777. The Balaban J connectivity index is 2.78.